The maximum absolute atomic E-state index is 6.40. The molecule has 0 spiro atoms. The van der Waals surface area contributed by atoms with Crippen molar-refractivity contribution in [2.24, 2.45) is 0 Å². The second kappa shape index (κ2) is 12.1. The Labute approximate surface area is 243 Å². The molecule has 0 atom stereocenters. The average molecular weight is 557 g/mol. The van der Waals surface area contributed by atoms with E-state index in [2.05, 4.69) is 100 Å². The highest BCUT2D eigenvalue weighted by Crippen LogP contribution is 2.45. The lowest BCUT2D eigenvalue weighted by Gasteiger charge is -2.25. The van der Waals surface area contributed by atoms with E-state index in [-0.39, 0.29) is 16.2 Å². The Morgan fingerprint density at radius 1 is 0.475 bits per heavy atom. The topological polar surface area (TPSA) is 27.7 Å². The first-order valence-electron chi connectivity index (χ1n) is 13.7. The van der Waals surface area contributed by atoms with E-state index in [9.17, 15) is 0 Å². The van der Waals surface area contributed by atoms with Gasteiger partial charge in [-0.15, -0.1) is 0 Å². The van der Waals surface area contributed by atoms with E-state index >= 15 is 0 Å². The van der Waals surface area contributed by atoms with Crippen LogP contribution in [0.4, 0.5) is 0 Å². The summed E-state index contributed by atoms with van der Waals surface area (Å²) in [5.41, 5.74) is 6.59. The molecule has 3 nitrogen and oxygen atoms in total. The number of hydrogen-bond donors (Lipinski definition) is 0. The van der Waals surface area contributed by atoms with Crippen molar-refractivity contribution >= 4 is 26.8 Å². The lowest BCUT2D eigenvalue weighted by molar-refractivity contribution is 0.387. The molecule has 0 saturated carbocycles. The minimum atomic E-state index is -1.86. The molecule has 4 heteroatoms. The zero-order chi connectivity index (χ0) is 29.9. The van der Waals surface area contributed by atoms with Crippen molar-refractivity contribution in [3.63, 3.8) is 0 Å². The molecule has 0 amide bonds. The Morgan fingerprint density at radius 3 is 0.925 bits per heavy atom. The van der Waals surface area contributed by atoms with Crippen molar-refractivity contribution in [3.8, 4) is 17.2 Å². The van der Waals surface area contributed by atoms with Crippen LogP contribution < -0.4 is 13.6 Å². The van der Waals surface area contributed by atoms with Gasteiger partial charge in [-0.05, 0) is 86.0 Å². The van der Waals surface area contributed by atoms with E-state index in [0.717, 1.165) is 16.7 Å². The summed E-state index contributed by atoms with van der Waals surface area (Å²) in [7, 11) is -1.86. The molecule has 40 heavy (non-hydrogen) atoms. The van der Waals surface area contributed by atoms with Gasteiger partial charge in [0.05, 0.1) is 0 Å². The molecule has 0 unspecified atom stereocenters. The molecule has 0 N–H and O–H groups in total. The molecule has 0 saturated heterocycles. The van der Waals surface area contributed by atoms with Gasteiger partial charge in [0.25, 0.3) is 0 Å². The molecule has 0 aliphatic rings. The molecule has 0 bridgehead atoms. The summed E-state index contributed by atoms with van der Waals surface area (Å²) in [6.45, 7) is 31.7. The quantitative estimate of drug-likeness (QED) is 0.245. The lowest BCUT2D eigenvalue weighted by atomic mass is 9.84. The SMILES string of the molecule is C=Cc1cc(OP(Oc2ccc(C(C)(C)C)c(C=C)c2)Oc2ccc(C(C)(C)C)c(C=C)c2)ccc1C(C)(C)C. The summed E-state index contributed by atoms with van der Waals surface area (Å²) in [4.78, 5) is 0. The zero-order valence-corrected chi connectivity index (χ0v) is 26.6. The van der Waals surface area contributed by atoms with Crippen LogP contribution in [-0.4, -0.2) is 0 Å². The summed E-state index contributed by atoms with van der Waals surface area (Å²) in [6, 6.07) is 18.1. The summed E-state index contributed by atoms with van der Waals surface area (Å²) in [6.07, 6.45) is 5.59. The first kappa shape index (κ1) is 31.2. The molecular formula is C36H45O3P. The molecule has 212 valence electrons. The van der Waals surface area contributed by atoms with Crippen molar-refractivity contribution in [1.29, 1.82) is 0 Å². The van der Waals surface area contributed by atoms with Gasteiger partial charge in [0.1, 0.15) is 17.2 Å². The van der Waals surface area contributed by atoms with Crippen molar-refractivity contribution in [1.82, 2.24) is 0 Å². The predicted octanol–water partition coefficient (Wildman–Crippen LogP) is 11.3. The molecule has 0 aromatic heterocycles. The largest absolute Gasteiger partial charge is 0.530 e. The van der Waals surface area contributed by atoms with Crippen LogP contribution in [-0.2, 0) is 16.2 Å². The second-order valence-electron chi connectivity index (χ2n) is 13.1. The van der Waals surface area contributed by atoms with E-state index in [1.807, 2.05) is 54.6 Å². The fourth-order valence-corrected chi connectivity index (χ4v) is 5.63. The van der Waals surface area contributed by atoms with Crippen LogP contribution in [0.3, 0.4) is 0 Å². The van der Waals surface area contributed by atoms with E-state index in [1.165, 1.54) is 16.7 Å². The highest BCUT2D eigenvalue weighted by molar-refractivity contribution is 7.43. The summed E-state index contributed by atoms with van der Waals surface area (Å²) >= 11 is 0. The van der Waals surface area contributed by atoms with Crippen molar-refractivity contribution in [3.05, 3.63) is 108 Å². The molecule has 0 heterocycles. The molecule has 3 rings (SSSR count). The number of benzene rings is 3. The highest BCUT2D eigenvalue weighted by Gasteiger charge is 2.25. The number of hydrogen-bond acceptors (Lipinski definition) is 3. The maximum atomic E-state index is 6.40. The lowest BCUT2D eigenvalue weighted by Crippen LogP contribution is -2.13. The Hall–Kier alpha value is -3.29. The third kappa shape index (κ3) is 7.67. The van der Waals surface area contributed by atoms with Gasteiger partial charge >= 0.3 is 8.60 Å². The van der Waals surface area contributed by atoms with Crippen LogP contribution in [0.5, 0.6) is 17.2 Å². The standard InChI is InChI=1S/C36H45O3P/c1-13-25-22-28(16-19-31(25)34(4,5)6)37-40(38-29-17-20-32(35(7,8)9)26(14-2)23-29)39-30-18-21-33(36(10,11)12)27(15-3)24-30/h13-24H,1-3H2,4-12H3. The van der Waals surface area contributed by atoms with Gasteiger partial charge in [0, 0.05) is 0 Å². The zero-order valence-electron chi connectivity index (χ0n) is 25.7. The Kier molecular flexibility index (Phi) is 9.42. The minimum absolute atomic E-state index is 0.0223. The molecule has 0 radical (unpaired) electrons. The van der Waals surface area contributed by atoms with E-state index < -0.39 is 8.60 Å². The summed E-state index contributed by atoms with van der Waals surface area (Å²) in [5.74, 6) is 1.96. The molecule has 3 aromatic rings. The smallest absolute Gasteiger partial charge is 0.408 e. The van der Waals surface area contributed by atoms with Crippen LogP contribution in [0.2, 0.25) is 0 Å². The van der Waals surface area contributed by atoms with Crippen molar-refractivity contribution in [2.45, 2.75) is 78.6 Å². The van der Waals surface area contributed by atoms with Gasteiger partial charge in [-0.2, -0.15) is 0 Å². The first-order valence-corrected chi connectivity index (χ1v) is 14.8. The van der Waals surface area contributed by atoms with E-state index in [1.54, 1.807) is 0 Å². The van der Waals surface area contributed by atoms with Gasteiger partial charge in [0.2, 0.25) is 0 Å². The van der Waals surface area contributed by atoms with Crippen molar-refractivity contribution < 1.29 is 13.6 Å². The van der Waals surface area contributed by atoms with Gasteiger partial charge in [-0.3, -0.25) is 0 Å². The van der Waals surface area contributed by atoms with Crippen LogP contribution in [0.1, 0.15) is 95.7 Å². The predicted molar refractivity (Wildman–Crippen MR) is 175 cm³/mol. The fraction of sp³-hybridized carbons (Fsp3) is 0.333. The monoisotopic (exact) mass is 556 g/mol. The summed E-state index contributed by atoms with van der Waals surface area (Å²) in [5, 5.41) is 0. The number of rotatable bonds is 9. The average Bonchev–Trinajstić information content (AvgIpc) is 2.86. The summed E-state index contributed by atoms with van der Waals surface area (Å²) < 4.78 is 19.2. The Balaban J connectivity index is 2.02. The van der Waals surface area contributed by atoms with E-state index in [4.69, 9.17) is 13.6 Å². The van der Waals surface area contributed by atoms with Crippen LogP contribution >= 0.6 is 8.60 Å². The van der Waals surface area contributed by atoms with Gasteiger partial charge in [0.15, 0.2) is 0 Å². The van der Waals surface area contributed by atoms with Crippen LogP contribution in [0.25, 0.3) is 18.2 Å². The molecule has 0 aliphatic heterocycles. The van der Waals surface area contributed by atoms with Crippen LogP contribution in [0.15, 0.2) is 74.3 Å². The van der Waals surface area contributed by atoms with Gasteiger partial charge < -0.3 is 13.6 Å². The first-order chi connectivity index (χ1) is 18.6. The van der Waals surface area contributed by atoms with Gasteiger partial charge in [-0.25, -0.2) is 0 Å². The molecule has 0 aliphatic carbocycles. The Morgan fingerprint density at radius 2 is 0.725 bits per heavy atom. The maximum Gasteiger partial charge on any atom is 0.530 e. The highest BCUT2D eigenvalue weighted by atomic mass is 31.2. The third-order valence-electron chi connectivity index (χ3n) is 6.69. The molecule has 3 aromatic carbocycles. The van der Waals surface area contributed by atoms with Crippen LogP contribution in [0, 0.1) is 0 Å². The van der Waals surface area contributed by atoms with Crippen molar-refractivity contribution in [2.75, 3.05) is 0 Å². The van der Waals surface area contributed by atoms with E-state index in [0.29, 0.717) is 17.2 Å². The van der Waals surface area contributed by atoms with Gasteiger partial charge in [-0.1, -0.05) is 118 Å². The normalized spacial score (nSPS) is 12.2. The fourth-order valence-electron chi connectivity index (χ4n) is 4.66. The third-order valence-corrected chi connectivity index (χ3v) is 7.77. The minimum Gasteiger partial charge on any atom is -0.408 e. The molecule has 0 fully saturated rings. The Bertz CT molecular complexity index is 1210. The second-order valence-corrected chi connectivity index (χ2v) is 14.1. The molecular weight excluding hydrogens is 511 g/mol.